The van der Waals surface area contributed by atoms with E-state index in [-0.39, 0.29) is 0 Å². The number of hydrogen-bond donors (Lipinski definition) is 0. The van der Waals surface area contributed by atoms with Crippen molar-refractivity contribution < 1.29 is 8.83 Å². The van der Waals surface area contributed by atoms with Gasteiger partial charge in [-0.25, -0.2) is 9.97 Å². The fraction of sp³-hybridized carbons (Fsp3) is 0.0333. The van der Waals surface area contributed by atoms with Crippen LogP contribution in [0.4, 0.5) is 0 Å². The van der Waals surface area contributed by atoms with Gasteiger partial charge in [0.15, 0.2) is 5.82 Å². The van der Waals surface area contributed by atoms with Gasteiger partial charge in [-0.2, -0.15) is 0 Å². The average molecular weight is 836 g/mol. The Morgan fingerprint density at radius 1 is 0.354 bits per heavy atom. The van der Waals surface area contributed by atoms with Gasteiger partial charge in [0.1, 0.15) is 28.1 Å². The minimum atomic E-state index is 0.641. The average Bonchev–Trinajstić information content (AvgIpc) is 4.07. The van der Waals surface area contributed by atoms with Crippen LogP contribution in [0.3, 0.4) is 0 Å². The van der Waals surface area contributed by atoms with Gasteiger partial charge in [-0.15, -0.1) is 0 Å². The Labute approximate surface area is 375 Å². The van der Waals surface area contributed by atoms with E-state index in [1.54, 1.807) is 0 Å². The molecule has 9 aromatic carbocycles. The quantitative estimate of drug-likeness (QED) is 0.167. The molecule has 0 unspecified atom stereocenters. The first-order chi connectivity index (χ1) is 32.2. The van der Waals surface area contributed by atoms with E-state index < -0.39 is 0 Å². The van der Waals surface area contributed by atoms with E-state index in [9.17, 15) is 0 Å². The molecule has 4 aromatic heterocycles. The van der Waals surface area contributed by atoms with Gasteiger partial charge in [0.05, 0.1) is 16.7 Å². The van der Waals surface area contributed by atoms with Crippen LogP contribution < -0.4 is 0 Å². The van der Waals surface area contributed by atoms with Gasteiger partial charge in [-0.05, 0) is 64.7 Å². The maximum Gasteiger partial charge on any atom is 0.162 e. The van der Waals surface area contributed by atoms with Gasteiger partial charge in [-0.1, -0.05) is 178 Å². The normalized spacial score (nSPS) is 11.5. The van der Waals surface area contributed by atoms with Crippen LogP contribution in [0.25, 0.3) is 128 Å². The molecule has 13 aromatic rings. The molecule has 65 heavy (non-hydrogen) atoms. The molecule has 5 heteroatoms. The van der Waals surface area contributed by atoms with E-state index in [2.05, 4.69) is 168 Å². The van der Waals surface area contributed by atoms with Crippen molar-refractivity contribution in [3.05, 3.63) is 212 Å². The van der Waals surface area contributed by atoms with E-state index in [4.69, 9.17) is 18.8 Å². The summed E-state index contributed by atoms with van der Waals surface area (Å²) in [4.78, 5) is 10.7. The minimum absolute atomic E-state index is 0.641. The maximum atomic E-state index is 6.53. The summed E-state index contributed by atoms with van der Waals surface area (Å²) in [5.41, 5.74) is 14.9. The van der Waals surface area contributed by atoms with Gasteiger partial charge in [0.2, 0.25) is 0 Å². The van der Waals surface area contributed by atoms with Gasteiger partial charge < -0.3 is 8.83 Å². The summed E-state index contributed by atoms with van der Waals surface area (Å²) < 4.78 is 15.2. The zero-order valence-corrected chi connectivity index (χ0v) is 35.9. The van der Waals surface area contributed by atoms with Gasteiger partial charge in [0.25, 0.3) is 0 Å². The standard InChI is InChI=1S/C58H35N3O2.C2H6/c1-3-14-36(15-4-1)38-29-31-51-49(33-38)47-24-12-22-42(39-18-11-19-40(32-39)43-23-13-25-48-45-21-8-10-27-53(45)63-57(43)48)56(47)61(51)55-35-50(59-58(60-55)37-16-5-2-6-17-37)41-28-30-46-44-20-7-9-26-52(44)62-54(46)34-41;1-2/h1-35H;1-2H3. The third-order valence-corrected chi connectivity index (χ3v) is 12.4. The van der Waals surface area contributed by atoms with Crippen molar-refractivity contribution in [3.63, 3.8) is 0 Å². The predicted octanol–water partition coefficient (Wildman–Crippen LogP) is 16.7. The summed E-state index contributed by atoms with van der Waals surface area (Å²) in [6.45, 7) is 4.00. The van der Waals surface area contributed by atoms with Crippen molar-refractivity contribution in [1.29, 1.82) is 0 Å². The first kappa shape index (κ1) is 38.2. The topological polar surface area (TPSA) is 57.0 Å². The summed E-state index contributed by atoms with van der Waals surface area (Å²) in [7, 11) is 0. The molecule has 0 saturated carbocycles. The number of para-hydroxylation sites is 4. The lowest BCUT2D eigenvalue weighted by Gasteiger charge is -2.14. The van der Waals surface area contributed by atoms with Crippen LogP contribution in [0.1, 0.15) is 13.8 Å². The van der Waals surface area contributed by atoms with E-state index in [0.29, 0.717) is 5.82 Å². The van der Waals surface area contributed by atoms with Crippen LogP contribution >= 0.6 is 0 Å². The lowest BCUT2D eigenvalue weighted by Crippen LogP contribution is -2.03. The Bertz CT molecular complexity index is 3920. The second-order valence-electron chi connectivity index (χ2n) is 16.1. The molecule has 0 aliphatic carbocycles. The molecule has 4 heterocycles. The Morgan fingerprint density at radius 3 is 1.72 bits per heavy atom. The zero-order valence-electron chi connectivity index (χ0n) is 35.9. The molecule has 13 rings (SSSR count). The molecule has 308 valence electrons. The van der Waals surface area contributed by atoms with Gasteiger partial charge in [0, 0.05) is 60.6 Å². The lowest BCUT2D eigenvalue weighted by atomic mass is 9.96. The smallest absolute Gasteiger partial charge is 0.162 e. The molecule has 0 fully saturated rings. The molecule has 0 atom stereocenters. The van der Waals surface area contributed by atoms with Crippen molar-refractivity contribution in [1.82, 2.24) is 14.5 Å². The van der Waals surface area contributed by atoms with Crippen LogP contribution in [0.2, 0.25) is 0 Å². The Morgan fingerprint density at radius 2 is 0.938 bits per heavy atom. The number of rotatable bonds is 6. The van der Waals surface area contributed by atoms with E-state index in [1.165, 1.54) is 5.56 Å². The van der Waals surface area contributed by atoms with Crippen molar-refractivity contribution in [3.8, 4) is 61.8 Å². The Kier molecular flexibility index (Phi) is 9.20. The van der Waals surface area contributed by atoms with Crippen molar-refractivity contribution in [2.24, 2.45) is 0 Å². The highest BCUT2D eigenvalue weighted by molar-refractivity contribution is 6.15. The number of aromatic nitrogens is 3. The van der Waals surface area contributed by atoms with Gasteiger partial charge in [-0.3, -0.25) is 4.57 Å². The highest BCUT2D eigenvalue weighted by Crippen LogP contribution is 2.43. The van der Waals surface area contributed by atoms with Crippen molar-refractivity contribution in [2.45, 2.75) is 13.8 Å². The Hall–Kier alpha value is -8.54. The summed E-state index contributed by atoms with van der Waals surface area (Å²) in [6.07, 6.45) is 0. The third kappa shape index (κ3) is 6.39. The molecule has 0 amide bonds. The first-order valence-corrected chi connectivity index (χ1v) is 22.2. The molecule has 0 spiro atoms. The molecule has 0 aliphatic heterocycles. The monoisotopic (exact) mass is 835 g/mol. The highest BCUT2D eigenvalue weighted by Gasteiger charge is 2.21. The summed E-state index contributed by atoms with van der Waals surface area (Å²) in [5.74, 6) is 1.41. The molecule has 0 N–H and O–H groups in total. The van der Waals surface area contributed by atoms with Crippen molar-refractivity contribution in [2.75, 3.05) is 0 Å². The number of furan rings is 2. The van der Waals surface area contributed by atoms with Gasteiger partial charge >= 0.3 is 0 Å². The molecule has 0 bridgehead atoms. The van der Waals surface area contributed by atoms with Crippen LogP contribution in [0.5, 0.6) is 0 Å². The summed E-state index contributed by atoms with van der Waals surface area (Å²) >= 11 is 0. The summed E-state index contributed by atoms with van der Waals surface area (Å²) in [5, 5.41) is 6.67. The fourth-order valence-corrected chi connectivity index (χ4v) is 9.48. The highest BCUT2D eigenvalue weighted by atomic mass is 16.3. The largest absolute Gasteiger partial charge is 0.456 e. The van der Waals surface area contributed by atoms with Crippen LogP contribution in [-0.4, -0.2) is 14.5 Å². The van der Waals surface area contributed by atoms with Crippen LogP contribution in [0.15, 0.2) is 221 Å². The first-order valence-electron chi connectivity index (χ1n) is 22.2. The zero-order chi connectivity index (χ0) is 43.4. The lowest BCUT2D eigenvalue weighted by molar-refractivity contribution is 0.669. The van der Waals surface area contributed by atoms with Crippen LogP contribution in [-0.2, 0) is 0 Å². The number of nitrogens with zero attached hydrogens (tertiary/aromatic N) is 3. The molecule has 0 saturated heterocycles. The summed E-state index contributed by atoms with van der Waals surface area (Å²) in [6, 6.07) is 74.4. The molecule has 5 nitrogen and oxygen atoms in total. The number of benzene rings is 9. The van der Waals surface area contributed by atoms with E-state index in [0.717, 1.165) is 116 Å². The Balaban J connectivity index is 0.00000219. The third-order valence-electron chi connectivity index (χ3n) is 12.4. The maximum absolute atomic E-state index is 6.53. The minimum Gasteiger partial charge on any atom is -0.456 e. The van der Waals surface area contributed by atoms with Crippen molar-refractivity contribution >= 4 is 65.7 Å². The van der Waals surface area contributed by atoms with E-state index >= 15 is 0 Å². The second kappa shape index (κ2) is 15.7. The van der Waals surface area contributed by atoms with Crippen LogP contribution in [0, 0.1) is 0 Å². The second-order valence-corrected chi connectivity index (χ2v) is 16.1. The fourth-order valence-electron chi connectivity index (χ4n) is 9.48. The molecule has 0 aliphatic rings. The predicted molar refractivity (Wildman–Crippen MR) is 269 cm³/mol. The SMILES string of the molecule is CC.c1ccc(-c2ccc3c(c2)c2cccc(-c4cccc(-c5cccc6c5oc5ccccc56)c4)c2n3-c2cc(-c3ccc4c(c3)oc3ccccc34)nc(-c3ccccc3)n2)cc1. The molecular formula is C60H41N3O2. The number of hydrogen-bond acceptors (Lipinski definition) is 4. The molecular weight excluding hydrogens is 795 g/mol. The molecule has 0 radical (unpaired) electrons. The number of fused-ring (bicyclic) bond motifs is 9. The van der Waals surface area contributed by atoms with E-state index in [1.807, 2.05) is 62.4 Å².